The van der Waals surface area contributed by atoms with E-state index < -0.39 is 27.4 Å². The summed E-state index contributed by atoms with van der Waals surface area (Å²) in [5, 5.41) is 10.8. The van der Waals surface area contributed by atoms with Crippen molar-refractivity contribution in [1.29, 1.82) is 0 Å². The third-order valence-electron chi connectivity index (χ3n) is 4.02. The smallest absolute Gasteiger partial charge is 0.322 e. The molecule has 0 radical (unpaired) electrons. The van der Waals surface area contributed by atoms with Gasteiger partial charge in [0.05, 0.1) is 4.90 Å². The van der Waals surface area contributed by atoms with Gasteiger partial charge in [-0.3, -0.25) is 4.79 Å². The molecule has 0 unspecified atom stereocenters. The molecule has 0 aromatic heterocycles. The van der Waals surface area contributed by atoms with E-state index in [0.29, 0.717) is 5.39 Å². The Kier molecular flexibility index (Phi) is 5.11. The Morgan fingerprint density at radius 1 is 1.08 bits per heavy atom. The van der Waals surface area contributed by atoms with E-state index in [-0.39, 0.29) is 4.90 Å². The summed E-state index contributed by atoms with van der Waals surface area (Å²) in [5.74, 6) is -1.20. The summed E-state index contributed by atoms with van der Waals surface area (Å²) in [6.07, 6.45) is 0. The zero-order valence-electron chi connectivity index (χ0n) is 15.1. The molecule has 6 nitrogen and oxygen atoms in total. The fourth-order valence-corrected chi connectivity index (χ4v) is 4.32. The number of carboxylic acid groups (broad SMARTS) is 1. The normalized spacial score (nSPS) is 13.6. The van der Waals surface area contributed by atoms with Gasteiger partial charge < -0.3 is 10.0 Å². The van der Waals surface area contributed by atoms with Crippen LogP contribution in [0.1, 0.15) is 20.8 Å². The van der Waals surface area contributed by atoms with Gasteiger partial charge in [0.15, 0.2) is 0 Å². The largest absolute Gasteiger partial charge is 0.480 e. The van der Waals surface area contributed by atoms with E-state index in [9.17, 15) is 18.3 Å². The van der Waals surface area contributed by atoms with E-state index in [1.54, 1.807) is 39.0 Å². The molecule has 2 aromatic rings. The van der Waals surface area contributed by atoms with Gasteiger partial charge in [-0.25, -0.2) is 8.42 Å². The minimum atomic E-state index is -4.01. The summed E-state index contributed by atoms with van der Waals surface area (Å²) >= 11 is 0. The zero-order valence-corrected chi connectivity index (χ0v) is 15.9. The number of anilines is 1. The number of sulfonamides is 1. The minimum absolute atomic E-state index is 0.0733. The maximum atomic E-state index is 12.9. The predicted octanol–water partition coefficient (Wildman–Crippen LogP) is 2.68. The van der Waals surface area contributed by atoms with E-state index >= 15 is 0 Å². The predicted molar refractivity (Wildman–Crippen MR) is 99.5 cm³/mol. The summed E-state index contributed by atoms with van der Waals surface area (Å²) < 4.78 is 28.2. The lowest BCUT2D eigenvalue weighted by Gasteiger charge is -2.27. The van der Waals surface area contributed by atoms with Crippen molar-refractivity contribution in [3.63, 3.8) is 0 Å². The van der Waals surface area contributed by atoms with Crippen molar-refractivity contribution < 1.29 is 18.3 Å². The maximum Gasteiger partial charge on any atom is 0.322 e. The SMILES string of the molecule is CN(C)c1cccc2c(S(=O)(=O)N[C@@H](C(=O)O)C(C)(C)C)cccc12. The average Bonchev–Trinajstić information content (AvgIpc) is 2.50. The van der Waals surface area contributed by atoms with Crippen LogP contribution in [0.25, 0.3) is 10.8 Å². The van der Waals surface area contributed by atoms with Crippen LogP contribution in [-0.4, -0.2) is 39.6 Å². The van der Waals surface area contributed by atoms with Gasteiger partial charge in [-0.15, -0.1) is 0 Å². The van der Waals surface area contributed by atoms with Crippen LogP contribution >= 0.6 is 0 Å². The molecule has 136 valence electrons. The monoisotopic (exact) mass is 364 g/mol. The topological polar surface area (TPSA) is 86.7 Å². The number of nitrogens with zero attached hydrogens (tertiary/aromatic N) is 1. The number of carboxylic acids is 1. The highest BCUT2D eigenvalue weighted by molar-refractivity contribution is 7.89. The van der Waals surface area contributed by atoms with Crippen LogP contribution in [0.2, 0.25) is 0 Å². The number of benzene rings is 2. The number of aliphatic carboxylic acids is 1. The van der Waals surface area contributed by atoms with Gasteiger partial charge in [0.25, 0.3) is 0 Å². The van der Waals surface area contributed by atoms with Crippen LogP contribution < -0.4 is 9.62 Å². The van der Waals surface area contributed by atoms with Gasteiger partial charge in [-0.2, -0.15) is 4.72 Å². The van der Waals surface area contributed by atoms with Crippen LogP contribution in [-0.2, 0) is 14.8 Å². The first-order valence-electron chi connectivity index (χ1n) is 7.89. The molecule has 25 heavy (non-hydrogen) atoms. The highest BCUT2D eigenvalue weighted by Crippen LogP contribution is 2.31. The number of hydrogen-bond acceptors (Lipinski definition) is 4. The summed E-state index contributed by atoms with van der Waals surface area (Å²) in [4.78, 5) is 13.5. The quantitative estimate of drug-likeness (QED) is 0.852. The molecule has 0 amide bonds. The molecular weight excluding hydrogens is 340 g/mol. The molecule has 1 atom stereocenters. The molecular formula is C18H24N2O4S. The molecule has 2 N–H and O–H groups in total. The number of nitrogens with one attached hydrogen (secondary N) is 1. The van der Waals surface area contributed by atoms with Crippen molar-refractivity contribution in [3.8, 4) is 0 Å². The highest BCUT2D eigenvalue weighted by atomic mass is 32.2. The van der Waals surface area contributed by atoms with Crippen LogP contribution in [0.5, 0.6) is 0 Å². The first kappa shape index (κ1) is 19.2. The lowest BCUT2D eigenvalue weighted by molar-refractivity contribution is -0.141. The van der Waals surface area contributed by atoms with Gasteiger partial charge >= 0.3 is 5.97 Å². The minimum Gasteiger partial charge on any atom is -0.480 e. The lowest BCUT2D eigenvalue weighted by Crippen LogP contribution is -2.48. The van der Waals surface area contributed by atoms with Crippen molar-refractivity contribution in [2.75, 3.05) is 19.0 Å². The molecule has 2 rings (SSSR count). The standard InChI is InChI=1S/C18H24N2O4S/c1-18(2,3)16(17(21)22)19-25(23,24)15-11-7-8-12-13(15)9-6-10-14(12)20(4)5/h6-11,16,19H,1-5H3,(H,21,22)/t16-/m0/s1. The van der Waals surface area contributed by atoms with E-state index in [1.165, 1.54) is 6.07 Å². The Hall–Kier alpha value is -2.12. The van der Waals surface area contributed by atoms with Crippen LogP contribution in [0.15, 0.2) is 41.3 Å². The molecule has 2 aromatic carbocycles. The number of fused-ring (bicyclic) bond motifs is 1. The van der Waals surface area contributed by atoms with Crippen molar-refractivity contribution in [2.45, 2.75) is 31.7 Å². The van der Waals surface area contributed by atoms with Crippen LogP contribution in [0.4, 0.5) is 5.69 Å². The Morgan fingerprint density at radius 2 is 1.64 bits per heavy atom. The average molecular weight is 364 g/mol. The van der Waals surface area contributed by atoms with Gasteiger partial charge in [0.2, 0.25) is 10.0 Å². The molecule has 0 bridgehead atoms. The molecule has 0 fully saturated rings. The second-order valence-corrected chi connectivity index (χ2v) is 8.96. The van der Waals surface area contributed by atoms with Crippen LogP contribution in [0.3, 0.4) is 0 Å². The van der Waals surface area contributed by atoms with E-state index in [1.807, 2.05) is 31.1 Å². The van der Waals surface area contributed by atoms with E-state index in [2.05, 4.69) is 4.72 Å². The van der Waals surface area contributed by atoms with Gasteiger partial charge in [-0.05, 0) is 17.5 Å². The highest BCUT2D eigenvalue weighted by Gasteiger charge is 2.35. The van der Waals surface area contributed by atoms with Crippen molar-refractivity contribution >= 4 is 32.5 Å². The molecule has 0 saturated heterocycles. The number of rotatable bonds is 5. The Morgan fingerprint density at radius 3 is 2.16 bits per heavy atom. The van der Waals surface area contributed by atoms with Crippen molar-refractivity contribution in [1.82, 2.24) is 4.72 Å². The molecule has 0 heterocycles. The molecule has 0 aliphatic carbocycles. The third kappa shape index (κ3) is 3.93. The molecule has 0 aliphatic rings. The van der Waals surface area contributed by atoms with Crippen molar-refractivity contribution in [3.05, 3.63) is 36.4 Å². The first-order valence-corrected chi connectivity index (χ1v) is 9.37. The number of hydrogen-bond donors (Lipinski definition) is 2. The van der Waals surface area contributed by atoms with E-state index in [4.69, 9.17) is 0 Å². The van der Waals surface area contributed by atoms with Gasteiger partial charge in [-0.1, -0.05) is 45.0 Å². The first-order chi connectivity index (χ1) is 11.4. The summed E-state index contributed by atoms with van der Waals surface area (Å²) in [6.45, 7) is 5.05. The summed E-state index contributed by atoms with van der Waals surface area (Å²) in [5.41, 5.74) is 0.123. The van der Waals surface area contributed by atoms with E-state index in [0.717, 1.165) is 11.1 Å². The lowest BCUT2D eigenvalue weighted by atomic mass is 9.88. The maximum absolute atomic E-state index is 12.9. The van der Waals surface area contributed by atoms with Gasteiger partial charge in [0.1, 0.15) is 6.04 Å². The van der Waals surface area contributed by atoms with Crippen molar-refractivity contribution in [2.24, 2.45) is 5.41 Å². The fraction of sp³-hybridized carbons (Fsp3) is 0.389. The molecule has 0 saturated carbocycles. The molecule has 7 heteroatoms. The summed E-state index contributed by atoms with van der Waals surface area (Å²) in [7, 11) is -0.240. The summed E-state index contributed by atoms with van der Waals surface area (Å²) in [6, 6.07) is 9.19. The fourth-order valence-electron chi connectivity index (χ4n) is 2.71. The Bertz CT molecular complexity index is 899. The second kappa shape index (κ2) is 6.65. The number of carbonyl (C=O) groups is 1. The Balaban J connectivity index is 2.61. The Labute approximate surface area is 148 Å². The van der Waals surface area contributed by atoms with Crippen LogP contribution in [0, 0.1) is 5.41 Å². The third-order valence-corrected chi connectivity index (χ3v) is 5.50. The molecule has 0 spiro atoms. The molecule has 0 aliphatic heterocycles. The van der Waals surface area contributed by atoms with Gasteiger partial charge in [0, 0.05) is 30.6 Å². The zero-order chi connectivity index (χ0) is 19.0. The second-order valence-electron chi connectivity index (χ2n) is 7.28.